The first kappa shape index (κ1) is 14.8. The first-order valence-corrected chi connectivity index (χ1v) is 7.98. The highest BCUT2D eigenvalue weighted by atomic mass is 79.9. The van der Waals surface area contributed by atoms with Gasteiger partial charge in [0.15, 0.2) is 0 Å². The van der Waals surface area contributed by atoms with Gasteiger partial charge in [0.2, 0.25) is 0 Å². The number of halogens is 1. The van der Waals surface area contributed by atoms with E-state index in [-0.39, 0.29) is 5.41 Å². The van der Waals surface area contributed by atoms with Gasteiger partial charge in [-0.1, -0.05) is 40.0 Å². The van der Waals surface area contributed by atoms with Crippen LogP contribution in [0.1, 0.15) is 70.3 Å². The fourth-order valence-electron chi connectivity index (χ4n) is 2.67. The molecule has 1 aromatic heterocycles. The fraction of sp³-hybridized carbons (Fsp3) is 0.733. The minimum atomic E-state index is 0.0246. The van der Waals surface area contributed by atoms with Crippen LogP contribution < -0.4 is 5.32 Å². The maximum Gasteiger partial charge on any atom is 0.144 e. The van der Waals surface area contributed by atoms with Gasteiger partial charge in [-0.05, 0) is 28.8 Å². The fourth-order valence-corrected chi connectivity index (χ4v) is 3.64. The van der Waals surface area contributed by atoms with Gasteiger partial charge in [0.05, 0.1) is 10.2 Å². The van der Waals surface area contributed by atoms with Crippen LogP contribution in [-0.2, 0) is 5.41 Å². The molecule has 0 atom stereocenters. The highest BCUT2D eigenvalue weighted by Crippen LogP contribution is 2.36. The van der Waals surface area contributed by atoms with Gasteiger partial charge in [0.1, 0.15) is 11.6 Å². The van der Waals surface area contributed by atoms with E-state index in [2.05, 4.69) is 42.0 Å². The standard InChI is InChI=1S/C15H24BrN3/c1-15(2,3)12-11(16)14(17-4)19-13(18-12)10-8-6-5-7-9-10/h10H,5-9H2,1-4H3,(H,17,18,19). The summed E-state index contributed by atoms with van der Waals surface area (Å²) in [5, 5.41) is 3.19. The highest BCUT2D eigenvalue weighted by Gasteiger charge is 2.26. The topological polar surface area (TPSA) is 37.8 Å². The van der Waals surface area contributed by atoms with E-state index < -0.39 is 0 Å². The Morgan fingerprint density at radius 2 is 1.74 bits per heavy atom. The van der Waals surface area contributed by atoms with Crippen molar-refractivity contribution < 1.29 is 0 Å². The molecule has 106 valence electrons. The van der Waals surface area contributed by atoms with Crippen molar-refractivity contribution in [1.82, 2.24) is 9.97 Å². The van der Waals surface area contributed by atoms with Gasteiger partial charge in [0, 0.05) is 18.4 Å². The summed E-state index contributed by atoms with van der Waals surface area (Å²) in [4.78, 5) is 9.60. The number of nitrogens with zero attached hydrogens (tertiary/aromatic N) is 2. The van der Waals surface area contributed by atoms with Crippen LogP contribution in [0.15, 0.2) is 4.47 Å². The van der Waals surface area contributed by atoms with E-state index in [0.717, 1.165) is 21.8 Å². The van der Waals surface area contributed by atoms with Crippen molar-refractivity contribution in [2.45, 2.75) is 64.2 Å². The summed E-state index contributed by atoms with van der Waals surface area (Å²) in [7, 11) is 1.92. The van der Waals surface area contributed by atoms with Crippen LogP contribution in [0.5, 0.6) is 0 Å². The molecule has 0 aromatic carbocycles. The first-order chi connectivity index (χ1) is 8.93. The maximum absolute atomic E-state index is 4.88. The Kier molecular flexibility index (Phi) is 4.49. The lowest BCUT2D eigenvalue weighted by atomic mass is 9.87. The molecule has 1 aliphatic carbocycles. The normalized spacial score (nSPS) is 17.5. The smallest absolute Gasteiger partial charge is 0.144 e. The van der Waals surface area contributed by atoms with E-state index in [0.29, 0.717) is 5.92 Å². The van der Waals surface area contributed by atoms with Gasteiger partial charge in [0.25, 0.3) is 0 Å². The van der Waals surface area contributed by atoms with Gasteiger partial charge < -0.3 is 5.32 Å². The summed E-state index contributed by atoms with van der Waals surface area (Å²) in [6.45, 7) is 6.60. The van der Waals surface area contributed by atoms with Crippen molar-refractivity contribution >= 4 is 21.7 Å². The predicted octanol–water partition coefficient (Wildman–Crippen LogP) is 4.63. The van der Waals surface area contributed by atoms with E-state index in [4.69, 9.17) is 9.97 Å². The van der Waals surface area contributed by atoms with E-state index in [9.17, 15) is 0 Å². The highest BCUT2D eigenvalue weighted by molar-refractivity contribution is 9.10. The lowest BCUT2D eigenvalue weighted by molar-refractivity contribution is 0.424. The van der Waals surface area contributed by atoms with E-state index >= 15 is 0 Å². The van der Waals surface area contributed by atoms with Crippen LogP contribution >= 0.6 is 15.9 Å². The third-order valence-electron chi connectivity index (χ3n) is 3.79. The molecule has 0 bridgehead atoms. The van der Waals surface area contributed by atoms with Crippen LogP contribution in [0, 0.1) is 0 Å². The Morgan fingerprint density at radius 3 is 2.26 bits per heavy atom. The molecular formula is C15H24BrN3. The Balaban J connectivity index is 2.44. The molecule has 0 amide bonds. The molecule has 0 aliphatic heterocycles. The molecule has 19 heavy (non-hydrogen) atoms. The minimum Gasteiger partial charge on any atom is -0.372 e. The number of hydrogen-bond acceptors (Lipinski definition) is 3. The number of hydrogen-bond donors (Lipinski definition) is 1. The van der Waals surface area contributed by atoms with Crippen LogP contribution in [0.4, 0.5) is 5.82 Å². The molecule has 4 heteroatoms. The Morgan fingerprint density at radius 1 is 1.11 bits per heavy atom. The largest absolute Gasteiger partial charge is 0.372 e. The van der Waals surface area contributed by atoms with Gasteiger partial charge >= 0.3 is 0 Å². The molecule has 1 heterocycles. The average Bonchev–Trinajstić information content (AvgIpc) is 2.38. The molecular weight excluding hydrogens is 302 g/mol. The summed E-state index contributed by atoms with van der Waals surface area (Å²) in [5.41, 5.74) is 1.13. The zero-order valence-electron chi connectivity index (χ0n) is 12.4. The molecule has 1 saturated carbocycles. The molecule has 0 saturated heterocycles. The van der Waals surface area contributed by atoms with E-state index in [1.54, 1.807) is 0 Å². The van der Waals surface area contributed by atoms with Crippen molar-refractivity contribution in [2.24, 2.45) is 0 Å². The Labute approximate surface area is 124 Å². The summed E-state index contributed by atoms with van der Waals surface area (Å²) >= 11 is 3.65. The molecule has 0 spiro atoms. The minimum absolute atomic E-state index is 0.0246. The summed E-state index contributed by atoms with van der Waals surface area (Å²) in [6, 6.07) is 0. The number of anilines is 1. The van der Waals surface area contributed by atoms with Crippen LogP contribution in [0.2, 0.25) is 0 Å². The first-order valence-electron chi connectivity index (χ1n) is 7.19. The molecule has 1 aliphatic rings. The van der Waals surface area contributed by atoms with Crippen molar-refractivity contribution in [2.75, 3.05) is 12.4 Å². The second-order valence-electron chi connectivity index (χ2n) is 6.43. The third kappa shape index (κ3) is 3.28. The zero-order valence-corrected chi connectivity index (χ0v) is 14.0. The molecule has 1 fully saturated rings. The van der Waals surface area contributed by atoms with Crippen LogP contribution in [0.25, 0.3) is 0 Å². The Bertz CT molecular complexity index is 445. The SMILES string of the molecule is CNc1nc(C2CCCCC2)nc(C(C)(C)C)c1Br. The van der Waals surface area contributed by atoms with Gasteiger partial charge in [-0.25, -0.2) is 9.97 Å². The Hall–Kier alpha value is -0.640. The number of rotatable bonds is 2. The predicted molar refractivity (Wildman–Crippen MR) is 83.8 cm³/mol. The summed E-state index contributed by atoms with van der Waals surface area (Å²) in [5.74, 6) is 2.48. The molecule has 2 rings (SSSR count). The number of nitrogens with one attached hydrogen (secondary N) is 1. The van der Waals surface area contributed by atoms with Gasteiger partial charge in [-0.2, -0.15) is 0 Å². The zero-order chi connectivity index (χ0) is 14.0. The van der Waals surface area contributed by atoms with Gasteiger partial charge in [-0.15, -0.1) is 0 Å². The van der Waals surface area contributed by atoms with Crippen LogP contribution in [0.3, 0.4) is 0 Å². The molecule has 0 unspecified atom stereocenters. The molecule has 0 radical (unpaired) electrons. The van der Waals surface area contributed by atoms with Crippen molar-refractivity contribution in [3.63, 3.8) is 0 Å². The summed E-state index contributed by atoms with van der Waals surface area (Å²) in [6.07, 6.45) is 6.44. The molecule has 1 aromatic rings. The monoisotopic (exact) mass is 325 g/mol. The van der Waals surface area contributed by atoms with Crippen LogP contribution in [-0.4, -0.2) is 17.0 Å². The second-order valence-corrected chi connectivity index (χ2v) is 7.22. The summed E-state index contributed by atoms with van der Waals surface area (Å²) < 4.78 is 1.00. The third-order valence-corrected chi connectivity index (χ3v) is 4.54. The quantitative estimate of drug-likeness (QED) is 0.861. The van der Waals surface area contributed by atoms with E-state index in [1.807, 2.05) is 7.05 Å². The van der Waals surface area contributed by atoms with Crippen molar-refractivity contribution in [3.05, 3.63) is 16.0 Å². The van der Waals surface area contributed by atoms with E-state index in [1.165, 1.54) is 32.1 Å². The van der Waals surface area contributed by atoms with Gasteiger partial charge in [-0.3, -0.25) is 0 Å². The average molecular weight is 326 g/mol. The lowest BCUT2D eigenvalue weighted by Gasteiger charge is -2.25. The lowest BCUT2D eigenvalue weighted by Crippen LogP contribution is -2.20. The molecule has 1 N–H and O–H groups in total. The number of aromatic nitrogens is 2. The molecule has 3 nitrogen and oxygen atoms in total. The van der Waals surface area contributed by atoms with Crippen molar-refractivity contribution in [1.29, 1.82) is 0 Å². The second kappa shape index (κ2) is 5.78. The maximum atomic E-state index is 4.88. The van der Waals surface area contributed by atoms with Crippen molar-refractivity contribution in [3.8, 4) is 0 Å².